The van der Waals surface area contributed by atoms with Crippen LogP contribution in [0.1, 0.15) is 23.2 Å². The maximum absolute atomic E-state index is 13.1. The number of carbonyl (C=O) groups is 2. The van der Waals surface area contributed by atoms with E-state index in [0.29, 0.717) is 24.4 Å². The second kappa shape index (κ2) is 9.23. The molecule has 30 heavy (non-hydrogen) atoms. The molecule has 1 aromatic carbocycles. The molecule has 1 amide bonds. The lowest BCUT2D eigenvalue weighted by molar-refractivity contribution is -0.120. The number of pyridine rings is 1. The average Bonchev–Trinajstić information content (AvgIpc) is 2.79. The number of hydrogen-bond donors (Lipinski definition) is 1. The Morgan fingerprint density at radius 3 is 2.47 bits per heavy atom. The van der Waals surface area contributed by atoms with Crippen LogP contribution in [0.4, 0.5) is 5.82 Å². The van der Waals surface area contributed by atoms with E-state index in [1.165, 1.54) is 30.7 Å². The molecule has 3 rings (SSSR count). The monoisotopic (exact) mass is 433 g/mol. The van der Waals surface area contributed by atoms with Crippen molar-refractivity contribution in [3.05, 3.63) is 48.2 Å². The van der Waals surface area contributed by atoms with Crippen molar-refractivity contribution in [3.63, 3.8) is 0 Å². The largest absolute Gasteiger partial charge is 0.493 e. The van der Waals surface area contributed by atoms with Gasteiger partial charge in [-0.25, -0.2) is 18.2 Å². The van der Waals surface area contributed by atoms with Crippen LogP contribution in [0.3, 0.4) is 0 Å². The van der Waals surface area contributed by atoms with Crippen LogP contribution in [0.15, 0.2) is 47.5 Å². The Labute approximate surface area is 175 Å². The molecule has 160 valence electrons. The van der Waals surface area contributed by atoms with Crippen molar-refractivity contribution in [1.82, 2.24) is 9.29 Å². The number of ether oxygens (including phenoxy) is 2. The number of hydrogen-bond acceptors (Lipinski definition) is 7. The van der Waals surface area contributed by atoms with Crippen molar-refractivity contribution in [2.75, 3.05) is 32.6 Å². The molecule has 1 aromatic heterocycles. The highest BCUT2D eigenvalue weighted by atomic mass is 32.2. The summed E-state index contributed by atoms with van der Waals surface area (Å²) in [6.07, 6.45) is 2.24. The highest BCUT2D eigenvalue weighted by molar-refractivity contribution is 7.89. The first-order valence-electron chi connectivity index (χ1n) is 9.36. The Morgan fingerprint density at radius 2 is 1.80 bits per heavy atom. The van der Waals surface area contributed by atoms with Gasteiger partial charge in [-0.1, -0.05) is 12.1 Å². The van der Waals surface area contributed by atoms with Crippen LogP contribution in [0, 0.1) is 5.92 Å². The molecule has 2 aromatic rings. The van der Waals surface area contributed by atoms with Gasteiger partial charge in [0.05, 0.1) is 24.7 Å². The topological polar surface area (TPSA) is 115 Å². The summed E-state index contributed by atoms with van der Waals surface area (Å²) in [5, 5.41) is 2.74. The minimum absolute atomic E-state index is 0.0119. The summed E-state index contributed by atoms with van der Waals surface area (Å²) in [5.41, 5.74) is -0.0119. The first-order valence-corrected chi connectivity index (χ1v) is 10.8. The third-order valence-corrected chi connectivity index (χ3v) is 6.92. The van der Waals surface area contributed by atoms with E-state index in [1.54, 1.807) is 30.5 Å². The second-order valence-electron chi connectivity index (χ2n) is 6.71. The van der Waals surface area contributed by atoms with Gasteiger partial charge in [0, 0.05) is 25.2 Å². The molecule has 0 spiro atoms. The van der Waals surface area contributed by atoms with Crippen LogP contribution in [-0.2, 0) is 19.6 Å². The fourth-order valence-corrected chi connectivity index (χ4v) is 4.99. The number of methoxy groups -OCH3 is 2. The number of nitrogens with one attached hydrogen (secondary N) is 1. The molecule has 10 heteroatoms. The lowest BCUT2D eigenvalue weighted by Gasteiger charge is -2.30. The number of rotatable bonds is 6. The highest BCUT2D eigenvalue weighted by Gasteiger charge is 2.34. The van der Waals surface area contributed by atoms with Gasteiger partial charge in [0.1, 0.15) is 0 Å². The Bertz CT molecular complexity index is 1030. The molecule has 0 saturated carbocycles. The summed E-state index contributed by atoms with van der Waals surface area (Å²) in [7, 11) is -1.21. The number of esters is 1. The first kappa shape index (κ1) is 21.7. The van der Waals surface area contributed by atoms with Crippen LogP contribution in [-0.4, -0.2) is 56.9 Å². The molecule has 0 bridgehead atoms. The predicted octanol–water partition coefficient (Wildman–Crippen LogP) is 1.92. The normalized spacial score (nSPS) is 15.4. The number of carbonyl (C=O) groups excluding carboxylic acids is 2. The molecule has 1 aliphatic heterocycles. The molecule has 0 atom stereocenters. The van der Waals surface area contributed by atoms with E-state index in [4.69, 9.17) is 9.47 Å². The number of nitrogens with zero attached hydrogens (tertiary/aromatic N) is 2. The van der Waals surface area contributed by atoms with Gasteiger partial charge in [0.15, 0.2) is 11.6 Å². The number of benzene rings is 1. The number of sulfonamides is 1. The summed E-state index contributed by atoms with van der Waals surface area (Å²) in [4.78, 5) is 28.6. The zero-order valence-corrected chi connectivity index (χ0v) is 17.5. The lowest BCUT2D eigenvalue weighted by atomic mass is 9.97. The van der Waals surface area contributed by atoms with E-state index < -0.39 is 16.0 Å². The van der Waals surface area contributed by atoms with E-state index in [1.807, 2.05) is 0 Å². The third-order valence-electron chi connectivity index (χ3n) is 4.97. The zero-order valence-electron chi connectivity index (χ0n) is 16.7. The van der Waals surface area contributed by atoms with Crippen LogP contribution in [0.2, 0.25) is 0 Å². The van der Waals surface area contributed by atoms with Crippen molar-refractivity contribution >= 4 is 27.7 Å². The molecule has 0 radical (unpaired) electrons. The predicted molar refractivity (Wildman–Crippen MR) is 109 cm³/mol. The van der Waals surface area contributed by atoms with E-state index in [-0.39, 0.29) is 35.4 Å². The number of aromatic nitrogens is 1. The fourth-order valence-electron chi connectivity index (χ4n) is 3.34. The number of anilines is 1. The summed E-state index contributed by atoms with van der Waals surface area (Å²) in [5.74, 6) is -0.539. The van der Waals surface area contributed by atoms with E-state index >= 15 is 0 Å². The van der Waals surface area contributed by atoms with Crippen molar-refractivity contribution in [2.45, 2.75) is 17.7 Å². The summed E-state index contributed by atoms with van der Waals surface area (Å²) in [6.45, 7) is 0.324. The zero-order chi connectivity index (χ0) is 21.7. The van der Waals surface area contributed by atoms with Crippen LogP contribution < -0.4 is 10.1 Å². The molecule has 0 unspecified atom stereocenters. The molecule has 1 saturated heterocycles. The average molecular weight is 433 g/mol. The smallest absolute Gasteiger partial charge is 0.339 e. The number of piperidine rings is 1. The Balaban J connectivity index is 1.69. The Kier molecular flexibility index (Phi) is 6.68. The second-order valence-corrected chi connectivity index (χ2v) is 8.62. The molecular formula is C20H23N3O6S. The minimum Gasteiger partial charge on any atom is -0.493 e. The van der Waals surface area contributed by atoms with Gasteiger partial charge < -0.3 is 14.8 Å². The maximum Gasteiger partial charge on any atom is 0.339 e. The SMILES string of the molecule is COC(=O)c1ccccc1S(=O)(=O)N1CCC(C(=O)Nc2ncccc2OC)CC1. The van der Waals surface area contributed by atoms with Crippen molar-refractivity contribution in [3.8, 4) is 5.75 Å². The quantitative estimate of drug-likeness (QED) is 0.692. The molecule has 0 aliphatic carbocycles. The van der Waals surface area contributed by atoms with Crippen LogP contribution >= 0.6 is 0 Å². The molecule has 9 nitrogen and oxygen atoms in total. The minimum atomic E-state index is -3.90. The maximum atomic E-state index is 13.1. The van der Waals surface area contributed by atoms with Crippen LogP contribution in [0.25, 0.3) is 0 Å². The fraction of sp³-hybridized carbons (Fsp3) is 0.350. The van der Waals surface area contributed by atoms with E-state index in [9.17, 15) is 18.0 Å². The summed E-state index contributed by atoms with van der Waals surface area (Å²) in [6, 6.07) is 9.32. The van der Waals surface area contributed by atoms with E-state index in [2.05, 4.69) is 10.3 Å². The first-order chi connectivity index (χ1) is 14.4. The number of amides is 1. The molecule has 2 heterocycles. The summed E-state index contributed by atoms with van der Waals surface area (Å²) >= 11 is 0. The molecular weight excluding hydrogens is 410 g/mol. The van der Waals surface area contributed by atoms with E-state index in [0.717, 1.165) is 0 Å². The van der Waals surface area contributed by atoms with Gasteiger partial charge in [0.2, 0.25) is 15.9 Å². The standard InChI is InChI=1S/C20H23N3O6S/c1-28-16-7-5-11-21-18(16)22-19(24)14-9-12-23(13-10-14)30(26,27)17-8-4-3-6-15(17)20(25)29-2/h3-8,11,14H,9-10,12-13H2,1-2H3,(H,21,22,24). The van der Waals surface area contributed by atoms with Crippen molar-refractivity contribution in [2.24, 2.45) is 5.92 Å². The van der Waals surface area contributed by atoms with Gasteiger partial charge in [-0.3, -0.25) is 4.79 Å². The Hall–Kier alpha value is -2.98. The molecule has 1 fully saturated rings. The van der Waals surface area contributed by atoms with Gasteiger partial charge in [0.25, 0.3) is 0 Å². The molecule has 1 N–H and O–H groups in total. The van der Waals surface area contributed by atoms with Gasteiger partial charge >= 0.3 is 5.97 Å². The van der Waals surface area contributed by atoms with Crippen LogP contribution in [0.5, 0.6) is 5.75 Å². The highest BCUT2D eigenvalue weighted by Crippen LogP contribution is 2.28. The van der Waals surface area contributed by atoms with Gasteiger partial charge in [-0.15, -0.1) is 0 Å². The van der Waals surface area contributed by atoms with Gasteiger partial charge in [-0.2, -0.15) is 4.31 Å². The molecule has 1 aliphatic rings. The lowest BCUT2D eigenvalue weighted by Crippen LogP contribution is -2.41. The van der Waals surface area contributed by atoms with Gasteiger partial charge in [-0.05, 0) is 37.1 Å². The summed E-state index contributed by atoms with van der Waals surface area (Å²) < 4.78 is 37.3. The Morgan fingerprint density at radius 1 is 1.10 bits per heavy atom. The van der Waals surface area contributed by atoms with Crippen molar-refractivity contribution < 1.29 is 27.5 Å². The van der Waals surface area contributed by atoms with Crippen molar-refractivity contribution in [1.29, 1.82) is 0 Å². The third kappa shape index (κ3) is 4.44.